The molecule has 164 valence electrons. The van der Waals surface area contributed by atoms with E-state index in [1.807, 2.05) is 42.5 Å². The number of aliphatic carboxylic acids is 1. The standard InChI is InChI=1S/C23H37NO4S/c1-2-3-4-5-6-7-8-9-10-11-12-13-15-19(23(28)20(24)18-29)21(25)16-14-17-22(26)27/h6-13,19-21,25,29H,2-5,14-18,24H2,1H3,(H,26,27)/b7-6-,9-8+,11-10-,13-12?/t19-,20?,21-/m0/s1. The van der Waals surface area contributed by atoms with Gasteiger partial charge in [0, 0.05) is 18.1 Å². The molecule has 0 aliphatic rings. The summed E-state index contributed by atoms with van der Waals surface area (Å²) in [7, 11) is 0. The van der Waals surface area contributed by atoms with Gasteiger partial charge in [-0.15, -0.1) is 0 Å². The monoisotopic (exact) mass is 423 g/mol. The lowest BCUT2D eigenvalue weighted by atomic mass is 9.87. The van der Waals surface area contributed by atoms with E-state index in [0.29, 0.717) is 12.8 Å². The first-order chi connectivity index (χ1) is 13.9. The van der Waals surface area contributed by atoms with Gasteiger partial charge in [0.25, 0.3) is 0 Å². The largest absolute Gasteiger partial charge is 0.481 e. The van der Waals surface area contributed by atoms with Crippen LogP contribution in [0.25, 0.3) is 0 Å². The molecule has 0 spiro atoms. The quantitative estimate of drug-likeness (QED) is 0.159. The number of unbranched alkanes of at least 4 members (excludes halogenated alkanes) is 3. The van der Waals surface area contributed by atoms with Crippen molar-refractivity contribution in [1.29, 1.82) is 0 Å². The number of ketones is 1. The third kappa shape index (κ3) is 14.9. The zero-order chi connectivity index (χ0) is 21.9. The summed E-state index contributed by atoms with van der Waals surface area (Å²) in [5.74, 6) is -1.61. The van der Waals surface area contributed by atoms with Crippen LogP contribution in [0.4, 0.5) is 0 Å². The number of aliphatic hydroxyl groups is 1. The van der Waals surface area contributed by atoms with Crippen molar-refractivity contribution in [2.75, 3.05) is 5.75 Å². The van der Waals surface area contributed by atoms with Gasteiger partial charge in [0.1, 0.15) is 0 Å². The number of carbonyl (C=O) groups excluding carboxylic acids is 1. The van der Waals surface area contributed by atoms with Crippen LogP contribution in [0.15, 0.2) is 48.6 Å². The maximum atomic E-state index is 12.4. The molecule has 0 saturated heterocycles. The summed E-state index contributed by atoms with van der Waals surface area (Å²) in [6.07, 6.45) is 20.3. The van der Waals surface area contributed by atoms with Crippen LogP contribution in [0, 0.1) is 5.92 Å². The molecule has 0 fully saturated rings. The second-order valence-electron chi connectivity index (χ2n) is 7.01. The molecule has 0 aliphatic carbocycles. The average Bonchev–Trinajstić information content (AvgIpc) is 2.70. The molecular weight excluding hydrogens is 386 g/mol. The fourth-order valence-corrected chi connectivity index (χ4v) is 2.92. The topological polar surface area (TPSA) is 101 Å². The van der Waals surface area contributed by atoms with Gasteiger partial charge in [-0.05, 0) is 32.1 Å². The van der Waals surface area contributed by atoms with E-state index in [-0.39, 0.29) is 24.4 Å². The van der Waals surface area contributed by atoms with Crippen LogP contribution < -0.4 is 5.73 Å². The van der Waals surface area contributed by atoms with Gasteiger partial charge < -0.3 is 15.9 Å². The predicted octanol–water partition coefficient (Wildman–Crippen LogP) is 4.24. The molecule has 0 aliphatic heterocycles. The Morgan fingerprint density at radius 1 is 1.00 bits per heavy atom. The number of nitrogens with two attached hydrogens (primary N) is 1. The van der Waals surface area contributed by atoms with E-state index in [9.17, 15) is 14.7 Å². The molecule has 1 unspecified atom stereocenters. The molecule has 0 aromatic carbocycles. The Kier molecular flexibility index (Phi) is 17.4. The molecule has 0 heterocycles. The normalized spacial score (nSPS) is 15.6. The van der Waals surface area contributed by atoms with E-state index in [2.05, 4.69) is 25.6 Å². The fraction of sp³-hybridized carbons (Fsp3) is 0.565. The number of hydrogen-bond acceptors (Lipinski definition) is 5. The molecule has 0 radical (unpaired) electrons. The molecule has 29 heavy (non-hydrogen) atoms. The van der Waals surface area contributed by atoms with Crippen LogP contribution in [-0.2, 0) is 9.59 Å². The molecule has 3 atom stereocenters. The predicted molar refractivity (Wildman–Crippen MR) is 123 cm³/mol. The van der Waals surface area contributed by atoms with Gasteiger partial charge in [-0.25, -0.2) is 0 Å². The first-order valence-corrected chi connectivity index (χ1v) is 11.0. The van der Waals surface area contributed by atoms with Crippen molar-refractivity contribution in [1.82, 2.24) is 0 Å². The molecule has 6 heteroatoms. The number of thiol groups is 1. The van der Waals surface area contributed by atoms with E-state index in [1.165, 1.54) is 19.3 Å². The summed E-state index contributed by atoms with van der Waals surface area (Å²) in [5.41, 5.74) is 5.78. The fourth-order valence-electron chi connectivity index (χ4n) is 2.74. The molecule has 0 aromatic heterocycles. The van der Waals surface area contributed by atoms with Crippen LogP contribution in [0.5, 0.6) is 0 Å². The van der Waals surface area contributed by atoms with E-state index < -0.39 is 24.0 Å². The van der Waals surface area contributed by atoms with E-state index in [1.54, 1.807) is 0 Å². The van der Waals surface area contributed by atoms with E-state index in [4.69, 9.17) is 10.8 Å². The Hall–Kier alpha value is -1.63. The highest BCUT2D eigenvalue weighted by molar-refractivity contribution is 7.80. The number of Topliss-reactive ketones (excluding diaryl/α,β-unsaturated/α-hetero) is 1. The number of rotatable bonds is 17. The summed E-state index contributed by atoms with van der Waals surface area (Å²) in [4.78, 5) is 23.1. The van der Waals surface area contributed by atoms with Gasteiger partial charge >= 0.3 is 5.97 Å². The van der Waals surface area contributed by atoms with Crippen molar-refractivity contribution >= 4 is 24.4 Å². The second kappa shape index (κ2) is 18.4. The average molecular weight is 424 g/mol. The summed E-state index contributed by atoms with van der Waals surface area (Å²) < 4.78 is 0. The van der Waals surface area contributed by atoms with Gasteiger partial charge in [-0.2, -0.15) is 12.6 Å². The number of carboxylic acids is 1. The molecule has 0 aromatic rings. The smallest absolute Gasteiger partial charge is 0.303 e. The highest BCUT2D eigenvalue weighted by Crippen LogP contribution is 2.18. The van der Waals surface area contributed by atoms with Gasteiger partial charge in [-0.3, -0.25) is 9.59 Å². The summed E-state index contributed by atoms with van der Waals surface area (Å²) in [6.45, 7) is 2.19. The highest BCUT2D eigenvalue weighted by atomic mass is 32.1. The molecule has 0 rings (SSSR count). The molecule has 0 saturated carbocycles. The molecule has 0 amide bonds. The SMILES string of the molecule is CCCCC\C=C/C=C/C=C\C=CC[C@H](C(=O)C(N)CS)[C@@H](O)CCCC(=O)O. The molecule has 5 nitrogen and oxygen atoms in total. The number of carboxylic acid groups (broad SMARTS) is 1. The number of carbonyl (C=O) groups is 2. The molecule has 4 N–H and O–H groups in total. The minimum atomic E-state index is -0.917. The Morgan fingerprint density at radius 3 is 2.21 bits per heavy atom. The van der Waals surface area contributed by atoms with Crippen molar-refractivity contribution in [2.24, 2.45) is 11.7 Å². The number of hydrogen-bond donors (Lipinski definition) is 4. The van der Waals surface area contributed by atoms with Crippen molar-refractivity contribution in [3.8, 4) is 0 Å². The minimum Gasteiger partial charge on any atom is -0.481 e. The first kappa shape index (κ1) is 27.4. The van der Waals surface area contributed by atoms with Crippen molar-refractivity contribution in [3.63, 3.8) is 0 Å². The summed E-state index contributed by atoms with van der Waals surface area (Å²) in [5, 5.41) is 19.1. The van der Waals surface area contributed by atoms with Gasteiger partial charge in [0.15, 0.2) is 5.78 Å². The Balaban J connectivity index is 4.55. The van der Waals surface area contributed by atoms with Crippen LogP contribution in [0.1, 0.15) is 58.3 Å². The number of allylic oxidation sites excluding steroid dienone is 8. The van der Waals surface area contributed by atoms with Crippen LogP contribution in [-0.4, -0.2) is 39.9 Å². The van der Waals surface area contributed by atoms with Crippen molar-refractivity contribution in [2.45, 2.75) is 70.4 Å². The van der Waals surface area contributed by atoms with Crippen LogP contribution in [0.2, 0.25) is 0 Å². The lowest BCUT2D eigenvalue weighted by Crippen LogP contribution is -2.41. The summed E-state index contributed by atoms with van der Waals surface area (Å²) in [6, 6.07) is -0.742. The van der Waals surface area contributed by atoms with Crippen LogP contribution >= 0.6 is 12.6 Å². The van der Waals surface area contributed by atoms with Gasteiger partial charge in [-0.1, -0.05) is 68.4 Å². The maximum Gasteiger partial charge on any atom is 0.303 e. The Morgan fingerprint density at radius 2 is 1.62 bits per heavy atom. The van der Waals surface area contributed by atoms with Gasteiger partial charge in [0.05, 0.1) is 12.1 Å². The van der Waals surface area contributed by atoms with Crippen LogP contribution in [0.3, 0.4) is 0 Å². The Bertz CT molecular complexity index is 569. The van der Waals surface area contributed by atoms with Crippen molar-refractivity contribution in [3.05, 3.63) is 48.6 Å². The zero-order valence-corrected chi connectivity index (χ0v) is 18.3. The highest BCUT2D eigenvalue weighted by Gasteiger charge is 2.28. The number of aliphatic hydroxyl groups excluding tert-OH is 1. The van der Waals surface area contributed by atoms with Gasteiger partial charge in [0.2, 0.25) is 0 Å². The second-order valence-corrected chi connectivity index (χ2v) is 7.37. The van der Waals surface area contributed by atoms with Crippen molar-refractivity contribution < 1.29 is 19.8 Å². The maximum absolute atomic E-state index is 12.4. The molecule has 0 bridgehead atoms. The summed E-state index contributed by atoms with van der Waals surface area (Å²) >= 11 is 4.06. The Labute approximate surface area is 180 Å². The first-order valence-electron chi connectivity index (χ1n) is 10.4. The third-order valence-corrected chi connectivity index (χ3v) is 4.87. The van der Waals surface area contributed by atoms with E-state index >= 15 is 0 Å². The lowest BCUT2D eigenvalue weighted by molar-refractivity contribution is -0.137. The molecular formula is C23H37NO4S. The third-order valence-electron chi connectivity index (χ3n) is 4.47. The van der Waals surface area contributed by atoms with E-state index in [0.717, 1.165) is 6.42 Å². The minimum absolute atomic E-state index is 0.0332. The lowest BCUT2D eigenvalue weighted by Gasteiger charge is -2.23. The zero-order valence-electron chi connectivity index (χ0n) is 17.5.